The first-order valence-electron chi connectivity index (χ1n) is 7.50. The highest BCUT2D eigenvalue weighted by molar-refractivity contribution is 5.81. The second-order valence-corrected chi connectivity index (χ2v) is 5.10. The zero-order chi connectivity index (χ0) is 15.0. The fourth-order valence-electron chi connectivity index (χ4n) is 2.23. The van der Waals surface area contributed by atoms with Gasteiger partial charge in [-0.2, -0.15) is 0 Å². The predicted octanol–water partition coefficient (Wildman–Crippen LogP) is 2.79. The zero-order valence-electron chi connectivity index (χ0n) is 12.9. The molecule has 20 heavy (non-hydrogen) atoms. The first-order valence-corrected chi connectivity index (χ1v) is 7.50. The molecule has 3 N–H and O–H groups in total. The molecule has 0 aliphatic rings. The van der Waals surface area contributed by atoms with E-state index >= 15 is 0 Å². The molecule has 0 radical (unpaired) electrons. The van der Waals surface area contributed by atoms with E-state index in [1.807, 2.05) is 24.3 Å². The molecule has 0 heterocycles. The summed E-state index contributed by atoms with van der Waals surface area (Å²) >= 11 is 0. The Hall–Kier alpha value is -1.71. The molecule has 0 unspecified atom stereocenters. The molecule has 0 saturated carbocycles. The van der Waals surface area contributed by atoms with Gasteiger partial charge in [0.2, 0.25) is 5.91 Å². The molecule has 1 aromatic rings. The van der Waals surface area contributed by atoms with Gasteiger partial charge in [0.05, 0.1) is 6.54 Å². The Morgan fingerprint density at radius 3 is 2.55 bits per heavy atom. The minimum atomic E-state index is 0.0783. The summed E-state index contributed by atoms with van der Waals surface area (Å²) < 4.78 is 0. The van der Waals surface area contributed by atoms with Gasteiger partial charge in [-0.1, -0.05) is 26.8 Å². The number of hydrogen-bond donors (Lipinski definition) is 2. The van der Waals surface area contributed by atoms with E-state index in [9.17, 15) is 4.79 Å². The van der Waals surface area contributed by atoms with Crippen LogP contribution in [0.5, 0.6) is 0 Å². The van der Waals surface area contributed by atoms with Crippen molar-refractivity contribution in [1.29, 1.82) is 0 Å². The van der Waals surface area contributed by atoms with E-state index in [4.69, 9.17) is 5.73 Å². The van der Waals surface area contributed by atoms with E-state index < -0.39 is 0 Å². The van der Waals surface area contributed by atoms with Crippen molar-refractivity contribution in [2.75, 3.05) is 23.7 Å². The van der Waals surface area contributed by atoms with Crippen LogP contribution in [0.1, 0.15) is 40.0 Å². The number of nitrogens with one attached hydrogen (secondary N) is 1. The van der Waals surface area contributed by atoms with Gasteiger partial charge in [-0.3, -0.25) is 4.79 Å². The summed E-state index contributed by atoms with van der Waals surface area (Å²) in [5, 5.41) is 3.08. The monoisotopic (exact) mass is 277 g/mol. The average molecular weight is 277 g/mol. The summed E-state index contributed by atoms with van der Waals surface area (Å²) in [6, 6.07) is 7.97. The first kappa shape index (κ1) is 16.3. The number of carbonyl (C=O) groups excluding carboxylic acids is 1. The van der Waals surface area contributed by atoms with Gasteiger partial charge in [0.15, 0.2) is 0 Å². The molecule has 0 spiro atoms. The second-order valence-electron chi connectivity index (χ2n) is 5.10. The van der Waals surface area contributed by atoms with Gasteiger partial charge in [0.25, 0.3) is 0 Å². The summed E-state index contributed by atoms with van der Waals surface area (Å²) in [6.07, 6.45) is 2.93. The zero-order valence-corrected chi connectivity index (χ0v) is 12.9. The highest BCUT2D eigenvalue weighted by Gasteiger charge is 2.13. The number of benzene rings is 1. The lowest BCUT2D eigenvalue weighted by Crippen LogP contribution is -2.42. The average Bonchev–Trinajstić information content (AvgIpc) is 2.44. The number of nitrogens with zero attached hydrogens (tertiary/aromatic N) is 1. The normalized spacial score (nSPS) is 10.6. The molecule has 0 aliphatic heterocycles. The molecular weight excluding hydrogens is 250 g/mol. The van der Waals surface area contributed by atoms with Gasteiger partial charge in [0.1, 0.15) is 0 Å². The van der Waals surface area contributed by atoms with Gasteiger partial charge in [-0.15, -0.1) is 0 Å². The highest BCUT2D eigenvalue weighted by atomic mass is 16.2. The number of rotatable bonds is 8. The SMILES string of the molecule is CCCN(CC(=O)NC(CC)CC)c1cccc(N)c1. The Bertz CT molecular complexity index is 416. The summed E-state index contributed by atoms with van der Waals surface area (Å²) in [7, 11) is 0. The van der Waals surface area contributed by atoms with E-state index in [0.29, 0.717) is 6.54 Å². The van der Waals surface area contributed by atoms with Crippen LogP contribution < -0.4 is 16.0 Å². The lowest BCUT2D eigenvalue weighted by atomic mass is 10.1. The third-order valence-electron chi connectivity index (χ3n) is 3.41. The van der Waals surface area contributed by atoms with E-state index in [-0.39, 0.29) is 11.9 Å². The van der Waals surface area contributed by atoms with E-state index in [2.05, 4.69) is 31.0 Å². The number of hydrogen-bond acceptors (Lipinski definition) is 3. The smallest absolute Gasteiger partial charge is 0.239 e. The van der Waals surface area contributed by atoms with E-state index in [1.165, 1.54) is 0 Å². The topological polar surface area (TPSA) is 58.4 Å². The fraction of sp³-hybridized carbons (Fsp3) is 0.562. The Balaban J connectivity index is 2.70. The lowest BCUT2D eigenvalue weighted by Gasteiger charge is -2.25. The molecule has 1 amide bonds. The number of amides is 1. The Labute approximate surface area is 122 Å². The van der Waals surface area contributed by atoms with Crippen molar-refractivity contribution in [1.82, 2.24) is 5.32 Å². The van der Waals surface area contributed by atoms with Crippen molar-refractivity contribution in [3.8, 4) is 0 Å². The van der Waals surface area contributed by atoms with Crippen molar-refractivity contribution in [2.45, 2.75) is 46.1 Å². The van der Waals surface area contributed by atoms with Crippen LogP contribution in [0.4, 0.5) is 11.4 Å². The van der Waals surface area contributed by atoms with Crippen molar-refractivity contribution in [3.63, 3.8) is 0 Å². The van der Waals surface area contributed by atoms with Gasteiger partial charge in [0, 0.05) is 24.0 Å². The van der Waals surface area contributed by atoms with E-state index in [1.54, 1.807) is 0 Å². The summed E-state index contributed by atoms with van der Waals surface area (Å²) in [5.74, 6) is 0.0783. The van der Waals surface area contributed by atoms with Crippen LogP contribution in [-0.2, 0) is 4.79 Å². The van der Waals surface area contributed by atoms with Crippen LogP contribution in [0.25, 0.3) is 0 Å². The van der Waals surface area contributed by atoms with Crippen LogP contribution in [-0.4, -0.2) is 25.0 Å². The Morgan fingerprint density at radius 1 is 1.30 bits per heavy atom. The van der Waals surface area contributed by atoms with Gasteiger partial charge in [-0.05, 0) is 37.5 Å². The molecule has 0 fully saturated rings. The van der Waals surface area contributed by atoms with Crippen molar-refractivity contribution < 1.29 is 4.79 Å². The molecule has 0 bridgehead atoms. The quantitative estimate of drug-likeness (QED) is 0.718. The van der Waals surface area contributed by atoms with Crippen molar-refractivity contribution in [2.24, 2.45) is 0 Å². The maximum atomic E-state index is 12.1. The standard InChI is InChI=1S/C16H27N3O/c1-4-10-19(15-9-7-8-13(17)11-15)12-16(20)18-14(5-2)6-3/h7-9,11,14H,4-6,10,12,17H2,1-3H3,(H,18,20). The molecule has 4 nitrogen and oxygen atoms in total. The molecule has 4 heteroatoms. The molecule has 0 aromatic heterocycles. The summed E-state index contributed by atoms with van der Waals surface area (Å²) in [5.41, 5.74) is 7.55. The number of anilines is 2. The highest BCUT2D eigenvalue weighted by Crippen LogP contribution is 2.17. The Morgan fingerprint density at radius 2 is 2.00 bits per heavy atom. The molecule has 112 valence electrons. The number of carbonyl (C=O) groups is 1. The minimum Gasteiger partial charge on any atom is -0.399 e. The van der Waals surface area contributed by atoms with Crippen LogP contribution in [0.2, 0.25) is 0 Å². The third-order valence-corrected chi connectivity index (χ3v) is 3.41. The van der Waals surface area contributed by atoms with Crippen LogP contribution in [0.15, 0.2) is 24.3 Å². The first-order chi connectivity index (χ1) is 9.60. The maximum absolute atomic E-state index is 12.1. The molecule has 0 saturated heterocycles. The largest absolute Gasteiger partial charge is 0.399 e. The molecular formula is C16H27N3O. The summed E-state index contributed by atoms with van der Waals surface area (Å²) in [6.45, 7) is 7.53. The third kappa shape index (κ3) is 5.11. The van der Waals surface area contributed by atoms with Gasteiger partial charge < -0.3 is 16.0 Å². The lowest BCUT2D eigenvalue weighted by molar-refractivity contribution is -0.120. The maximum Gasteiger partial charge on any atom is 0.239 e. The van der Waals surface area contributed by atoms with E-state index in [0.717, 1.165) is 37.2 Å². The van der Waals surface area contributed by atoms with Crippen molar-refractivity contribution in [3.05, 3.63) is 24.3 Å². The fourth-order valence-corrected chi connectivity index (χ4v) is 2.23. The second kappa shape index (κ2) is 8.46. The molecule has 1 rings (SSSR count). The number of nitrogens with two attached hydrogens (primary N) is 1. The van der Waals surface area contributed by atoms with Gasteiger partial charge in [-0.25, -0.2) is 0 Å². The summed E-state index contributed by atoms with van der Waals surface area (Å²) in [4.78, 5) is 14.2. The van der Waals surface area contributed by atoms with Crippen LogP contribution in [0.3, 0.4) is 0 Å². The number of nitrogen functional groups attached to an aromatic ring is 1. The minimum absolute atomic E-state index is 0.0783. The van der Waals surface area contributed by atoms with Gasteiger partial charge >= 0.3 is 0 Å². The molecule has 1 aromatic carbocycles. The molecule has 0 aliphatic carbocycles. The van der Waals surface area contributed by atoms with Crippen molar-refractivity contribution >= 4 is 17.3 Å². The molecule has 0 atom stereocenters. The Kier molecular flexibility index (Phi) is 6.91. The van der Waals surface area contributed by atoms with Crippen LogP contribution >= 0.6 is 0 Å². The van der Waals surface area contributed by atoms with Crippen LogP contribution in [0, 0.1) is 0 Å². The predicted molar refractivity (Wildman–Crippen MR) is 85.9 cm³/mol.